The summed E-state index contributed by atoms with van der Waals surface area (Å²) in [5.74, 6) is -0.576. The lowest BCUT2D eigenvalue weighted by atomic mass is 10.2. The van der Waals surface area contributed by atoms with E-state index in [0.717, 1.165) is 0 Å². The number of hydrogen-bond donors (Lipinski definition) is 2. The first-order valence-electron chi connectivity index (χ1n) is 6.60. The first-order valence-corrected chi connectivity index (χ1v) is 6.60. The smallest absolute Gasteiger partial charge is 0.338 e. The summed E-state index contributed by atoms with van der Waals surface area (Å²) < 4.78 is 10.2. The van der Waals surface area contributed by atoms with Crippen molar-refractivity contribution in [1.29, 1.82) is 0 Å². The predicted octanol–water partition coefficient (Wildman–Crippen LogP) is 1.21. The molecule has 21 heavy (non-hydrogen) atoms. The highest BCUT2D eigenvalue weighted by molar-refractivity contribution is 5.97. The van der Waals surface area contributed by atoms with E-state index in [1.165, 1.54) is 0 Å². The number of amides is 1. The van der Waals surface area contributed by atoms with Crippen molar-refractivity contribution in [3.05, 3.63) is 29.8 Å². The van der Waals surface area contributed by atoms with Gasteiger partial charge in [0.15, 0.2) is 0 Å². The lowest BCUT2D eigenvalue weighted by molar-refractivity contribution is -0.120. The number of esters is 1. The molecule has 1 aromatic rings. The molecule has 1 fully saturated rings. The van der Waals surface area contributed by atoms with Crippen LogP contribution < -0.4 is 10.6 Å². The molecule has 1 atom stereocenters. The van der Waals surface area contributed by atoms with E-state index in [2.05, 4.69) is 10.6 Å². The van der Waals surface area contributed by atoms with Crippen molar-refractivity contribution in [3.8, 4) is 0 Å². The second-order valence-electron chi connectivity index (χ2n) is 4.37. The normalized spacial score (nSPS) is 17.5. The van der Waals surface area contributed by atoms with Crippen LogP contribution in [-0.2, 0) is 14.3 Å². The zero-order valence-corrected chi connectivity index (χ0v) is 12.6. The van der Waals surface area contributed by atoms with E-state index in [1.54, 1.807) is 31.2 Å². The lowest BCUT2D eigenvalue weighted by Crippen LogP contribution is -2.48. The van der Waals surface area contributed by atoms with Gasteiger partial charge in [0.05, 0.1) is 25.4 Å². The average molecular weight is 315 g/mol. The van der Waals surface area contributed by atoms with Crippen molar-refractivity contribution >= 4 is 30.0 Å². The highest BCUT2D eigenvalue weighted by Gasteiger charge is 2.21. The van der Waals surface area contributed by atoms with Gasteiger partial charge in [0.1, 0.15) is 6.04 Å². The molecule has 0 saturated carbocycles. The third-order valence-electron chi connectivity index (χ3n) is 2.88. The summed E-state index contributed by atoms with van der Waals surface area (Å²) in [6.07, 6.45) is 0. The molecule has 1 saturated heterocycles. The molecule has 2 N–H and O–H groups in total. The number of anilines is 1. The van der Waals surface area contributed by atoms with Crippen LogP contribution in [0.5, 0.6) is 0 Å². The van der Waals surface area contributed by atoms with E-state index < -0.39 is 5.97 Å². The Bertz CT molecular complexity index is 490. The molecule has 7 heteroatoms. The molecule has 1 aromatic carbocycles. The van der Waals surface area contributed by atoms with Crippen molar-refractivity contribution in [2.24, 2.45) is 0 Å². The van der Waals surface area contributed by atoms with Crippen LogP contribution in [0.3, 0.4) is 0 Å². The standard InChI is InChI=1S/C14H18N2O4.ClH/c1-2-20-14(18)10-4-3-5-11(8-10)16-13(17)12-9-19-7-6-15-12;/h3-5,8,12,15H,2,6-7,9H2,1H3,(H,16,17);1H. The van der Waals surface area contributed by atoms with Crippen LogP contribution in [0, 0.1) is 0 Å². The van der Waals surface area contributed by atoms with Crippen LogP contribution in [0.4, 0.5) is 5.69 Å². The molecular weight excluding hydrogens is 296 g/mol. The van der Waals surface area contributed by atoms with Crippen molar-refractivity contribution in [1.82, 2.24) is 5.32 Å². The van der Waals surface area contributed by atoms with Gasteiger partial charge in [0, 0.05) is 12.2 Å². The molecular formula is C14H19ClN2O4. The number of ether oxygens (including phenoxy) is 2. The Kier molecular flexibility index (Phi) is 7.14. The Labute approximate surface area is 129 Å². The van der Waals surface area contributed by atoms with Gasteiger partial charge in [-0.15, -0.1) is 12.4 Å². The quantitative estimate of drug-likeness (QED) is 0.817. The second-order valence-corrected chi connectivity index (χ2v) is 4.37. The maximum Gasteiger partial charge on any atom is 0.338 e. The van der Waals surface area contributed by atoms with Gasteiger partial charge in [-0.05, 0) is 25.1 Å². The van der Waals surface area contributed by atoms with E-state index in [0.29, 0.717) is 37.6 Å². The first-order chi connectivity index (χ1) is 9.70. The number of nitrogens with one attached hydrogen (secondary N) is 2. The highest BCUT2D eigenvalue weighted by Crippen LogP contribution is 2.12. The highest BCUT2D eigenvalue weighted by atomic mass is 35.5. The number of benzene rings is 1. The van der Waals surface area contributed by atoms with E-state index in [9.17, 15) is 9.59 Å². The van der Waals surface area contributed by atoms with E-state index in [4.69, 9.17) is 9.47 Å². The summed E-state index contributed by atoms with van der Waals surface area (Å²) in [6.45, 7) is 3.68. The SMILES string of the molecule is CCOC(=O)c1cccc(NC(=O)C2COCCN2)c1.Cl. The Morgan fingerprint density at radius 1 is 1.48 bits per heavy atom. The van der Waals surface area contributed by atoms with Gasteiger partial charge < -0.3 is 20.1 Å². The van der Waals surface area contributed by atoms with Crippen LogP contribution in [0.2, 0.25) is 0 Å². The van der Waals surface area contributed by atoms with Crippen LogP contribution >= 0.6 is 12.4 Å². The number of carbonyl (C=O) groups excluding carboxylic acids is 2. The number of hydrogen-bond acceptors (Lipinski definition) is 5. The minimum Gasteiger partial charge on any atom is -0.462 e. The zero-order chi connectivity index (χ0) is 14.4. The molecule has 0 radical (unpaired) electrons. The predicted molar refractivity (Wildman–Crippen MR) is 80.9 cm³/mol. The molecule has 1 heterocycles. The molecule has 1 aliphatic rings. The molecule has 0 aromatic heterocycles. The topological polar surface area (TPSA) is 76.7 Å². The van der Waals surface area contributed by atoms with Gasteiger partial charge in [-0.1, -0.05) is 6.07 Å². The van der Waals surface area contributed by atoms with Gasteiger partial charge in [0.2, 0.25) is 5.91 Å². The summed E-state index contributed by atoms with van der Waals surface area (Å²) in [4.78, 5) is 23.6. The fourth-order valence-electron chi connectivity index (χ4n) is 1.90. The molecule has 1 aliphatic heterocycles. The first kappa shape index (κ1) is 17.4. The fraction of sp³-hybridized carbons (Fsp3) is 0.429. The molecule has 1 unspecified atom stereocenters. The Morgan fingerprint density at radius 2 is 2.29 bits per heavy atom. The zero-order valence-electron chi connectivity index (χ0n) is 11.8. The van der Waals surface area contributed by atoms with Gasteiger partial charge in [0.25, 0.3) is 0 Å². The largest absolute Gasteiger partial charge is 0.462 e. The number of morpholine rings is 1. The number of rotatable bonds is 4. The van der Waals surface area contributed by atoms with E-state index in [1.807, 2.05) is 0 Å². The monoisotopic (exact) mass is 314 g/mol. The van der Waals surface area contributed by atoms with Crippen molar-refractivity contribution in [2.75, 3.05) is 31.7 Å². The van der Waals surface area contributed by atoms with Gasteiger partial charge in [-0.3, -0.25) is 4.79 Å². The van der Waals surface area contributed by atoms with E-state index >= 15 is 0 Å². The van der Waals surface area contributed by atoms with Crippen molar-refractivity contribution < 1.29 is 19.1 Å². The third kappa shape index (κ3) is 5.00. The van der Waals surface area contributed by atoms with Gasteiger partial charge >= 0.3 is 5.97 Å². The summed E-state index contributed by atoms with van der Waals surface area (Å²) in [5.41, 5.74) is 0.977. The summed E-state index contributed by atoms with van der Waals surface area (Å²) in [6, 6.07) is 6.31. The second kappa shape index (κ2) is 8.61. The van der Waals surface area contributed by atoms with Gasteiger partial charge in [-0.2, -0.15) is 0 Å². The minimum atomic E-state index is -0.400. The van der Waals surface area contributed by atoms with Crippen molar-refractivity contribution in [3.63, 3.8) is 0 Å². The fourth-order valence-corrected chi connectivity index (χ4v) is 1.90. The van der Waals surface area contributed by atoms with Crippen molar-refractivity contribution in [2.45, 2.75) is 13.0 Å². The molecule has 0 spiro atoms. The molecule has 116 valence electrons. The van der Waals surface area contributed by atoms with Gasteiger partial charge in [-0.25, -0.2) is 4.79 Å². The van der Waals surface area contributed by atoms with Crippen LogP contribution in [0.15, 0.2) is 24.3 Å². The summed E-state index contributed by atoms with van der Waals surface area (Å²) in [5, 5.41) is 5.83. The molecule has 0 aliphatic carbocycles. The Balaban J connectivity index is 0.00000220. The number of carbonyl (C=O) groups is 2. The molecule has 6 nitrogen and oxygen atoms in total. The lowest BCUT2D eigenvalue weighted by Gasteiger charge is -2.22. The minimum absolute atomic E-state index is 0. The Hall–Kier alpha value is -1.63. The molecule has 2 rings (SSSR count). The van der Waals surface area contributed by atoms with E-state index in [-0.39, 0.29) is 24.4 Å². The van der Waals surface area contributed by atoms with Crippen LogP contribution in [0.1, 0.15) is 17.3 Å². The van der Waals surface area contributed by atoms with Crippen LogP contribution in [-0.4, -0.2) is 44.3 Å². The maximum absolute atomic E-state index is 12.0. The number of halogens is 1. The third-order valence-corrected chi connectivity index (χ3v) is 2.88. The summed E-state index contributed by atoms with van der Waals surface area (Å²) >= 11 is 0. The molecule has 1 amide bonds. The molecule has 0 bridgehead atoms. The maximum atomic E-state index is 12.0. The van der Waals surface area contributed by atoms with Crippen LogP contribution in [0.25, 0.3) is 0 Å². The Morgan fingerprint density at radius 3 is 2.95 bits per heavy atom. The average Bonchev–Trinajstić information content (AvgIpc) is 2.48. The summed E-state index contributed by atoms with van der Waals surface area (Å²) in [7, 11) is 0.